The Kier molecular flexibility index (Phi) is 4.97. The second-order valence-electron chi connectivity index (χ2n) is 5.64. The maximum atomic E-state index is 13.6. The third-order valence-electron chi connectivity index (χ3n) is 3.94. The SMILES string of the molecule is CCOc1cccn2c(C(=O)NCCc3ccccc3F)c(C)nc12. The highest BCUT2D eigenvalue weighted by atomic mass is 19.1. The third-order valence-corrected chi connectivity index (χ3v) is 3.94. The maximum Gasteiger partial charge on any atom is 0.270 e. The number of amides is 1. The molecule has 1 aromatic carbocycles. The zero-order valence-corrected chi connectivity index (χ0v) is 14.3. The van der Waals surface area contributed by atoms with E-state index < -0.39 is 0 Å². The van der Waals surface area contributed by atoms with Crippen LogP contribution in [0.1, 0.15) is 28.7 Å². The highest BCUT2D eigenvalue weighted by Gasteiger charge is 2.18. The maximum absolute atomic E-state index is 13.6. The number of hydrogen-bond donors (Lipinski definition) is 1. The van der Waals surface area contributed by atoms with Crippen molar-refractivity contribution >= 4 is 11.6 Å². The minimum absolute atomic E-state index is 0.241. The summed E-state index contributed by atoms with van der Waals surface area (Å²) >= 11 is 0. The number of pyridine rings is 1. The predicted molar refractivity (Wildman–Crippen MR) is 93.5 cm³/mol. The molecule has 2 heterocycles. The molecule has 1 amide bonds. The summed E-state index contributed by atoms with van der Waals surface area (Å²) in [4.78, 5) is 17.0. The topological polar surface area (TPSA) is 55.6 Å². The molecule has 2 aromatic heterocycles. The Balaban J connectivity index is 1.77. The molecular formula is C19H20FN3O2. The van der Waals surface area contributed by atoms with Gasteiger partial charge in [0.1, 0.15) is 11.5 Å². The lowest BCUT2D eigenvalue weighted by molar-refractivity contribution is 0.0947. The van der Waals surface area contributed by atoms with Crippen LogP contribution in [0.2, 0.25) is 0 Å². The highest BCUT2D eigenvalue weighted by Crippen LogP contribution is 2.22. The van der Waals surface area contributed by atoms with Crippen LogP contribution < -0.4 is 10.1 Å². The van der Waals surface area contributed by atoms with Crippen molar-refractivity contribution < 1.29 is 13.9 Å². The Bertz CT molecular complexity index is 905. The molecule has 5 nitrogen and oxygen atoms in total. The summed E-state index contributed by atoms with van der Waals surface area (Å²) in [5.41, 5.74) is 2.28. The standard InChI is InChI=1S/C19H20FN3O2/c1-3-25-16-9-6-12-23-17(13(2)22-18(16)23)19(24)21-11-10-14-7-4-5-8-15(14)20/h4-9,12H,3,10-11H2,1-2H3,(H,21,24). The zero-order valence-electron chi connectivity index (χ0n) is 14.3. The van der Waals surface area contributed by atoms with E-state index in [-0.39, 0.29) is 11.7 Å². The van der Waals surface area contributed by atoms with Gasteiger partial charge in [0, 0.05) is 12.7 Å². The summed E-state index contributed by atoms with van der Waals surface area (Å²) in [6.07, 6.45) is 2.21. The summed E-state index contributed by atoms with van der Waals surface area (Å²) in [6, 6.07) is 10.2. The van der Waals surface area contributed by atoms with Crippen LogP contribution in [0.15, 0.2) is 42.6 Å². The molecule has 25 heavy (non-hydrogen) atoms. The summed E-state index contributed by atoms with van der Waals surface area (Å²) < 4.78 is 20.9. The van der Waals surface area contributed by atoms with Crippen molar-refractivity contribution in [1.29, 1.82) is 0 Å². The van der Waals surface area contributed by atoms with Crippen LogP contribution in [0, 0.1) is 12.7 Å². The van der Waals surface area contributed by atoms with Crippen molar-refractivity contribution in [2.45, 2.75) is 20.3 Å². The van der Waals surface area contributed by atoms with Crippen molar-refractivity contribution in [3.63, 3.8) is 0 Å². The average Bonchev–Trinajstić information content (AvgIpc) is 2.94. The van der Waals surface area contributed by atoms with Crippen LogP contribution in [-0.2, 0) is 6.42 Å². The second-order valence-corrected chi connectivity index (χ2v) is 5.64. The molecule has 6 heteroatoms. The first kappa shape index (κ1) is 17.0. The average molecular weight is 341 g/mol. The number of nitrogens with zero attached hydrogens (tertiary/aromatic N) is 2. The van der Waals surface area contributed by atoms with E-state index in [0.717, 1.165) is 0 Å². The van der Waals surface area contributed by atoms with Crippen LogP contribution in [-0.4, -0.2) is 28.4 Å². The fourth-order valence-electron chi connectivity index (χ4n) is 2.79. The van der Waals surface area contributed by atoms with Crippen molar-refractivity contribution in [2.75, 3.05) is 13.2 Å². The molecule has 0 bridgehead atoms. The van der Waals surface area contributed by atoms with Crippen LogP contribution in [0.4, 0.5) is 4.39 Å². The largest absolute Gasteiger partial charge is 0.490 e. The minimum Gasteiger partial charge on any atom is -0.490 e. The van der Waals surface area contributed by atoms with Gasteiger partial charge in [-0.1, -0.05) is 18.2 Å². The fraction of sp³-hybridized carbons (Fsp3) is 0.263. The highest BCUT2D eigenvalue weighted by molar-refractivity contribution is 5.95. The Morgan fingerprint density at radius 2 is 2.08 bits per heavy atom. The van der Waals surface area contributed by atoms with E-state index in [1.807, 2.05) is 19.1 Å². The molecule has 0 aliphatic heterocycles. The number of ether oxygens (including phenoxy) is 1. The van der Waals surface area contributed by atoms with Gasteiger partial charge >= 0.3 is 0 Å². The van der Waals surface area contributed by atoms with E-state index in [1.54, 1.807) is 35.7 Å². The molecule has 0 spiro atoms. The molecule has 0 aliphatic rings. The van der Waals surface area contributed by atoms with Gasteiger partial charge in [0.25, 0.3) is 5.91 Å². The number of fused-ring (bicyclic) bond motifs is 1. The molecule has 0 saturated heterocycles. The third kappa shape index (κ3) is 3.47. The van der Waals surface area contributed by atoms with Crippen LogP contribution >= 0.6 is 0 Å². The smallest absolute Gasteiger partial charge is 0.270 e. The first-order valence-electron chi connectivity index (χ1n) is 8.24. The molecule has 0 radical (unpaired) electrons. The van der Waals surface area contributed by atoms with Crippen LogP contribution in [0.5, 0.6) is 5.75 Å². The molecule has 0 aliphatic carbocycles. The minimum atomic E-state index is -0.260. The Hall–Kier alpha value is -2.89. The van der Waals surface area contributed by atoms with Gasteiger partial charge in [-0.3, -0.25) is 9.20 Å². The summed E-state index contributed by atoms with van der Waals surface area (Å²) in [5.74, 6) is 0.137. The molecule has 0 unspecified atom stereocenters. The first-order valence-corrected chi connectivity index (χ1v) is 8.24. The number of benzene rings is 1. The lowest BCUT2D eigenvalue weighted by Crippen LogP contribution is -2.27. The van der Waals surface area contributed by atoms with Crippen LogP contribution in [0.3, 0.4) is 0 Å². The Morgan fingerprint density at radius 3 is 2.84 bits per heavy atom. The predicted octanol–water partition coefficient (Wildman–Crippen LogP) is 3.15. The van der Waals surface area contributed by atoms with E-state index in [0.29, 0.717) is 47.9 Å². The number of imidazole rings is 1. The molecule has 0 fully saturated rings. The quantitative estimate of drug-likeness (QED) is 0.749. The lowest BCUT2D eigenvalue weighted by atomic mass is 10.1. The normalized spacial score (nSPS) is 10.8. The first-order chi connectivity index (χ1) is 12.1. The number of nitrogens with one attached hydrogen (secondary N) is 1. The van der Waals surface area contributed by atoms with Crippen molar-refractivity contribution in [2.24, 2.45) is 0 Å². The van der Waals surface area contributed by atoms with E-state index >= 15 is 0 Å². The van der Waals surface area contributed by atoms with Gasteiger partial charge in [-0.15, -0.1) is 0 Å². The van der Waals surface area contributed by atoms with Gasteiger partial charge in [0.15, 0.2) is 11.4 Å². The zero-order chi connectivity index (χ0) is 17.8. The van der Waals surface area contributed by atoms with E-state index in [4.69, 9.17) is 4.74 Å². The monoisotopic (exact) mass is 341 g/mol. The molecular weight excluding hydrogens is 321 g/mol. The van der Waals surface area contributed by atoms with Gasteiger partial charge in [0.2, 0.25) is 0 Å². The van der Waals surface area contributed by atoms with Crippen molar-refractivity contribution in [3.05, 3.63) is 65.4 Å². The van der Waals surface area contributed by atoms with Crippen molar-refractivity contribution in [1.82, 2.24) is 14.7 Å². The lowest BCUT2D eigenvalue weighted by Gasteiger charge is -2.08. The number of aromatic nitrogens is 2. The van der Waals surface area contributed by atoms with Crippen molar-refractivity contribution in [3.8, 4) is 5.75 Å². The Morgan fingerprint density at radius 1 is 1.28 bits per heavy atom. The number of carbonyl (C=O) groups excluding carboxylic acids is 1. The number of halogens is 1. The van der Waals surface area contributed by atoms with Crippen LogP contribution in [0.25, 0.3) is 5.65 Å². The van der Waals surface area contributed by atoms with E-state index in [1.165, 1.54) is 6.07 Å². The fourth-order valence-corrected chi connectivity index (χ4v) is 2.79. The Labute approximate surface area is 145 Å². The number of hydrogen-bond acceptors (Lipinski definition) is 3. The van der Waals surface area contributed by atoms with Gasteiger partial charge in [-0.05, 0) is 44.0 Å². The number of rotatable bonds is 6. The molecule has 130 valence electrons. The number of carbonyl (C=O) groups is 1. The molecule has 1 N–H and O–H groups in total. The van der Waals surface area contributed by atoms with E-state index in [2.05, 4.69) is 10.3 Å². The van der Waals surface area contributed by atoms with E-state index in [9.17, 15) is 9.18 Å². The molecule has 3 aromatic rings. The van der Waals surface area contributed by atoms with Gasteiger partial charge in [-0.25, -0.2) is 9.37 Å². The van der Waals surface area contributed by atoms with Gasteiger partial charge in [0.05, 0.1) is 12.3 Å². The summed E-state index contributed by atoms with van der Waals surface area (Å²) in [7, 11) is 0. The molecule has 3 rings (SSSR count). The molecule has 0 atom stereocenters. The number of aryl methyl sites for hydroxylation is 1. The summed E-state index contributed by atoms with van der Waals surface area (Å²) in [6.45, 7) is 4.55. The molecule has 0 saturated carbocycles. The second kappa shape index (κ2) is 7.34. The summed E-state index contributed by atoms with van der Waals surface area (Å²) in [5, 5.41) is 2.84. The van der Waals surface area contributed by atoms with Gasteiger partial charge in [-0.2, -0.15) is 0 Å². The van der Waals surface area contributed by atoms with Gasteiger partial charge < -0.3 is 10.1 Å².